The minimum absolute atomic E-state index is 0.168. The number of benzene rings is 6. The zero-order valence-corrected chi connectivity index (χ0v) is 41.5. The zero-order valence-electron chi connectivity index (χ0n) is 39.8. The van der Waals surface area contributed by atoms with Crippen molar-refractivity contribution in [1.82, 2.24) is 19.9 Å². The van der Waals surface area contributed by atoms with E-state index in [0.29, 0.717) is 65.9 Å². The second kappa shape index (κ2) is 17.4. The van der Waals surface area contributed by atoms with Gasteiger partial charge in [-0.15, -0.1) is 22.7 Å². The molecule has 12 heteroatoms. The van der Waals surface area contributed by atoms with Crippen LogP contribution in [0.2, 0.25) is 0 Å². The van der Waals surface area contributed by atoms with Gasteiger partial charge in [-0.1, -0.05) is 97.1 Å². The van der Waals surface area contributed by atoms with Gasteiger partial charge in [-0.05, 0) is 133 Å². The normalized spacial score (nSPS) is 14.9. The molecule has 0 saturated carbocycles. The number of hydrogen-bond donors (Lipinski definition) is 0. The minimum atomic E-state index is -5.76. The molecule has 0 N–H and O–H groups in total. The van der Waals surface area contributed by atoms with Crippen molar-refractivity contribution in [1.29, 1.82) is 0 Å². The van der Waals surface area contributed by atoms with E-state index in [2.05, 4.69) is 0 Å². The SMILES string of the molecule is Cc1sc(-c2cc(-c3ccc4ccccc4n3)cc(-c3ccc4ccccc4n3)c2)cc1C1=C(c2cc(-c3cc(-c4ccc5ccccc5n4)cc(-c4ccc5ccccc5n4)c3)sc2C)C(F)(F)C(F)(F)C1(F)F. The predicted octanol–water partition coefficient (Wildman–Crippen LogP) is 18.5. The highest BCUT2D eigenvalue weighted by Crippen LogP contribution is 2.66. The van der Waals surface area contributed by atoms with Gasteiger partial charge in [0.05, 0.1) is 44.8 Å². The van der Waals surface area contributed by atoms with Crippen LogP contribution in [-0.4, -0.2) is 37.7 Å². The Hall–Kier alpha value is -8.32. The molecule has 0 saturated heterocycles. The fourth-order valence-electron chi connectivity index (χ4n) is 10.2. The van der Waals surface area contributed by atoms with Crippen LogP contribution in [0.3, 0.4) is 0 Å². The number of allylic oxidation sites excluding steroid dienone is 2. The molecule has 364 valence electrons. The average molecular weight is 1030 g/mol. The van der Waals surface area contributed by atoms with Gasteiger partial charge in [0, 0.05) is 74.5 Å². The smallest absolute Gasteiger partial charge is 0.248 e. The maximum absolute atomic E-state index is 16.8. The molecular formula is C63H38F6N4S2. The zero-order chi connectivity index (χ0) is 51.4. The number of alkyl halides is 6. The highest BCUT2D eigenvalue weighted by atomic mass is 32.1. The molecule has 0 unspecified atom stereocenters. The van der Waals surface area contributed by atoms with Crippen molar-refractivity contribution >= 4 is 77.4 Å². The van der Waals surface area contributed by atoms with Gasteiger partial charge in [-0.3, -0.25) is 0 Å². The monoisotopic (exact) mass is 1030 g/mol. The van der Waals surface area contributed by atoms with Crippen molar-refractivity contribution in [2.45, 2.75) is 31.6 Å². The number of nitrogens with zero attached hydrogens (tertiary/aromatic N) is 4. The number of halogens is 6. The lowest BCUT2D eigenvalue weighted by Crippen LogP contribution is -2.48. The van der Waals surface area contributed by atoms with E-state index in [1.54, 1.807) is 0 Å². The molecule has 12 aromatic rings. The molecule has 1 aliphatic carbocycles. The second-order valence-corrected chi connectivity index (χ2v) is 21.3. The third-order valence-corrected chi connectivity index (χ3v) is 16.3. The Kier molecular flexibility index (Phi) is 10.8. The van der Waals surface area contributed by atoms with Gasteiger partial charge in [0.2, 0.25) is 0 Å². The maximum Gasteiger partial charge on any atom is 0.380 e. The first kappa shape index (κ1) is 46.5. The number of aromatic nitrogens is 4. The van der Waals surface area contributed by atoms with Crippen molar-refractivity contribution in [3.05, 3.63) is 215 Å². The first-order valence-electron chi connectivity index (χ1n) is 24.1. The molecule has 75 heavy (non-hydrogen) atoms. The van der Waals surface area contributed by atoms with Crippen molar-refractivity contribution in [3.8, 4) is 65.9 Å². The molecule has 0 spiro atoms. The van der Waals surface area contributed by atoms with E-state index < -0.39 is 28.9 Å². The van der Waals surface area contributed by atoms with Gasteiger partial charge in [-0.2, -0.15) is 26.3 Å². The third kappa shape index (κ3) is 7.73. The molecular weight excluding hydrogens is 991 g/mol. The lowest BCUT2D eigenvalue weighted by Gasteiger charge is -2.25. The second-order valence-electron chi connectivity index (χ2n) is 18.8. The Morgan fingerprint density at radius 2 is 0.587 bits per heavy atom. The van der Waals surface area contributed by atoms with Crippen LogP contribution < -0.4 is 0 Å². The summed E-state index contributed by atoms with van der Waals surface area (Å²) in [4.78, 5) is 20.9. The van der Waals surface area contributed by atoms with Crippen LogP contribution in [0.4, 0.5) is 26.3 Å². The van der Waals surface area contributed by atoms with Crippen LogP contribution in [0.5, 0.6) is 0 Å². The van der Waals surface area contributed by atoms with Crippen LogP contribution in [0.1, 0.15) is 20.9 Å². The van der Waals surface area contributed by atoms with Crippen molar-refractivity contribution < 1.29 is 26.3 Å². The molecule has 6 aromatic carbocycles. The minimum Gasteiger partial charge on any atom is -0.248 e. The molecule has 4 nitrogen and oxygen atoms in total. The van der Waals surface area contributed by atoms with Gasteiger partial charge in [0.1, 0.15) is 0 Å². The molecule has 6 aromatic heterocycles. The van der Waals surface area contributed by atoms with Crippen molar-refractivity contribution in [3.63, 3.8) is 0 Å². The summed E-state index contributed by atoms with van der Waals surface area (Å²) < 4.78 is 99.4. The Morgan fingerprint density at radius 1 is 0.320 bits per heavy atom. The molecule has 1 aliphatic rings. The van der Waals surface area contributed by atoms with Gasteiger partial charge in [0.25, 0.3) is 0 Å². The number of pyridine rings is 4. The Morgan fingerprint density at radius 3 is 0.880 bits per heavy atom. The highest BCUT2D eigenvalue weighted by molar-refractivity contribution is 7.16. The maximum atomic E-state index is 16.8. The Bertz CT molecular complexity index is 3880. The van der Waals surface area contributed by atoms with Crippen LogP contribution in [0, 0.1) is 13.8 Å². The molecule has 0 fully saturated rings. The van der Waals surface area contributed by atoms with Crippen molar-refractivity contribution in [2.75, 3.05) is 0 Å². The molecule has 0 radical (unpaired) electrons. The molecule has 0 atom stereocenters. The summed E-state index contributed by atoms with van der Waals surface area (Å²) in [6.45, 7) is 3.00. The number of hydrogen-bond acceptors (Lipinski definition) is 6. The first-order chi connectivity index (χ1) is 36.2. The molecule has 0 amide bonds. The highest BCUT2D eigenvalue weighted by Gasteiger charge is 2.80. The molecule has 6 heterocycles. The standard InChI is InChI=1S/C63H38F6N4S2/c1-35-47(33-57(74-35)45-29-41(53-23-19-37-11-3-7-15-49(37)70-53)27-42(30-45)54-24-20-38-12-4-8-16-50(38)71-54)59-60(62(66,67)63(68,69)61(59,64)65)48-34-58(75-36(48)2)46-31-43(55-25-21-39-13-5-9-17-51(39)72-55)28-44(32-46)56-26-22-40-14-6-10-18-52(40)73-56/h3-34H,1-2H3. The fraction of sp³-hybridized carbons (Fsp3) is 0.0794. The topological polar surface area (TPSA) is 51.6 Å². The van der Waals surface area contributed by atoms with E-state index in [-0.39, 0.29) is 20.9 Å². The predicted molar refractivity (Wildman–Crippen MR) is 294 cm³/mol. The number of fused-ring (bicyclic) bond motifs is 4. The van der Waals surface area contributed by atoms with Gasteiger partial charge in [0.15, 0.2) is 0 Å². The largest absolute Gasteiger partial charge is 0.380 e. The van der Waals surface area contributed by atoms with Gasteiger partial charge >= 0.3 is 17.8 Å². The van der Waals surface area contributed by atoms with E-state index in [1.165, 1.54) is 26.0 Å². The lowest BCUT2D eigenvalue weighted by molar-refractivity contribution is -0.254. The summed E-state index contributed by atoms with van der Waals surface area (Å²) in [5.41, 5.74) is 5.79. The first-order valence-corrected chi connectivity index (χ1v) is 25.7. The fourth-order valence-corrected chi connectivity index (χ4v) is 12.2. The lowest BCUT2D eigenvalue weighted by atomic mass is 9.93. The number of rotatable bonds is 8. The van der Waals surface area contributed by atoms with Crippen LogP contribution >= 0.6 is 22.7 Å². The van der Waals surface area contributed by atoms with E-state index in [1.807, 2.05) is 182 Å². The van der Waals surface area contributed by atoms with E-state index >= 15 is 26.3 Å². The Labute approximate surface area is 434 Å². The van der Waals surface area contributed by atoms with Crippen LogP contribution in [0.15, 0.2) is 194 Å². The van der Waals surface area contributed by atoms with Crippen molar-refractivity contribution in [2.24, 2.45) is 0 Å². The van der Waals surface area contributed by atoms with E-state index in [0.717, 1.165) is 66.3 Å². The summed E-state index contributed by atoms with van der Waals surface area (Å²) in [5.74, 6) is -16.3. The summed E-state index contributed by atoms with van der Waals surface area (Å²) in [5, 5.41) is 3.74. The quantitative estimate of drug-likeness (QED) is 0.142. The van der Waals surface area contributed by atoms with E-state index in [4.69, 9.17) is 19.9 Å². The summed E-state index contributed by atoms with van der Waals surface area (Å²) in [6, 6.07) is 60.1. The molecule has 0 aliphatic heterocycles. The molecule has 13 rings (SSSR count). The summed E-state index contributed by atoms with van der Waals surface area (Å²) >= 11 is 2.13. The molecule has 0 bridgehead atoms. The number of aryl methyl sites for hydroxylation is 2. The van der Waals surface area contributed by atoms with Gasteiger partial charge in [-0.25, -0.2) is 19.9 Å². The van der Waals surface area contributed by atoms with Crippen LogP contribution in [0.25, 0.3) is 121 Å². The summed E-state index contributed by atoms with van der Waals surface area (Å²) in [6.07, 6.45) is 0. The van der Waals surface area contributed by atoms with Gasteiger partial charge < -0.3 is 0 Å². The Balaban J connectivity index is 0.971. The number of para-hydroxylation sites is 4. The van der Waals surface area contributed by atoms with Crippen LogP contribution in [-0.2, 0) is 0 Å². The van der Waals surface area contributed by atoms with E-state index in [9.17, 15) is 0 Å². The third-order valence-electron chi connectivity index (χ3n) is 14.1. The number of thiophene rings is 2. The average Bonchev–Trinajstić information content (AvgIpc) is 4.10. The summed E-state index contributed by atoms with van der Waals surface area (Å²) in [7, 11) is 0.